The number of carbonyl (C=O) groups is 1. The molecule has 1 N–H and O–H groups in total. The van der Waals surface area contributed by atoms with Crippen LogP contribution in [0.3, 0.4) is 0 Å². The Balaban J connectivity index is 2.66. The Hall–Kier alpha value is -0.610. The lowest BCUT2D eigenvalue weighted by atomic mass is 10.1. The van der Waals surface area contributed by atoms with Gasteiger partial charge in [-0.15, -0.1) is 0 Å². The lowest BCUT2D eigenvalue weighted by molar-refractivity contribution is -0.132. The van der Waals surface area contributed by atoms with E-state index in [2.05, 4.69) is 26.1 Å². The number of ether oxygens (including phenoxy) is 1. The van der Waals surface area contributed by atoms with Gasteiger partial charge in [-0.1, -0.05) is 20.3 Å². The first kappa shape index (κ1) is 14.5. The van der Waals surface area contributed by atoms with Gasteiger partial charge in [-0.3, -0.25) is 10.1 Å². The topological polar surface area (TPSA) is 41.6 Å². The second-order valence-electron chi connectivity index (χ2n) is 4.81. The van der Waals surface area contributed by atoms with Crippen molar-refractivity contribution in [3.05, 3.63) is 0 Å². The van der Waals surface area contributed by atoms with Crippen LogP contribution in [0.1, 0.15) is 46.5 Å². The van der Waals surface area contributed by atoms with Crippen LogP contribution < -0.4 is 5.32 Å². The van der Waals surface area contributed by atoms with E-state index in [1.54, 1.807) is 7.11 Å². The Morgan fingerprint density at radius 2 is 2.18 bits per heavy atom. The van der Waals surface area contributed by atoms with Gasteiger partial charge in [-0.05, 0) is 26.2 Å². The second kappa shape index (κ2) is 6.97. The third-order valence-electron chi connectivity index (χ3n) is 3.47. The lowest BCUT2D eigenvalue weighted by Gasteiger charge is -2.30. The van der Waals surface area contributed by atoms with Crippen LogP contribution in [-0.2, 0) is 9.53 Å². The predicted molar refractivity (Wildman–Crippen MR) is 68.7 cm³/mol. The van der Waals surface area contributed by atoms with Crippen molar-refractivity contribution < 1.29 is 9.53 Å². The summed E-state index contributed by atoms with van der Waals surface area (Å²) >= 11 is 0. The molecule has 4 nitrogen and oxygen atoms in total. The maximum Gasteiger partial charge on any atom is 0.241 e. The van der Waals surface area contributed by atoms with Crippen molar-refractivity contribution in [3.63, 3.8) is 0 Å². The van der Waals surface area contributed by atoms with Gasteiger partial charge in [0.1, 0.15) is 0 Å². The molecular weight excluding hydrogens is 216 g/mol. The van der Waals surface area contributed by atoms with Crippen molar-refractivity contribution in [1.82, 2.24) is 10.2 Å². The molecule has 1 aliphatic heterocycles. The molecule has 0 aromatic heterocycles. The molecule has 1 rings (SSSR count). The Kier molecular flexibility index (Phi) is 5.92. The molecule has 1 aliphatic rings. The van der Waals surface area contributed by atoms with Crippen LogP contribution in [0.4, 0.5) is 0 Å². The van der Waals surface area contributed by atoms with E-state index >= 15 is 0 Å². The third-order valence-corrected chi connectivity index (χ3v) is 3.47. The van der Waals surface area contributed by atoms with Gasteiger partial charge in [0, 0.05) is 19.8 Å². The second-order valence-corrected chi connectivity index (χ2v) is 4.81. The maximum absolute atomic E-state index is 12.2. The Labute approximate surface area is 105 Å². The average Bonchev–Trinajstić information content (AvgIpc) is 2.63. The summed E-state index contributed by atoms with van der Waals surface area (Å²) in [6, 6.07) is 0.264. The lowest BCUT2D eigenvalue weighted by Crippen LogP contribution is -2.43. The minimum atomic E-state index is 0.0107. The van der Waals surface area contributed by atoms with Crippen molar-refractivity contribution in [2.24, 2.45) is 0 Å². The van der Waals surface area contributed by atoms with Gasteiger partial charge in [0.15, 0.2) is 0 Å². The van der Waals surface area contributed by atoms with Crippen LogP contribution in [0.15, 0.2) is 0 Å². The van der Waals surface area contributed by atoms with E-state index in [0.717, 1.165) is 25.7 Å². The van der Waals surface area contributed by atoms with Gasteiger partial charge in [0.25, 0.3) is 0 Å². The largest absolute Gasteiger partial charge is 0.385 e. The number of hydrogen-bond donors (Lipinski definition) is 1. The summed E-state index contributed by atoms with van der Waals surface area (Å²) in [6.07, 6.45) is 4.10. The van der Waals surface area contributed by atoms with Gasteiger partial charge >= 0.3 is 0 Å². The average molecular weight is 242 g/mol. The summed E-state index contributed by atoms with van der Waals surface area (Å²) in [5, 5.41) is 3.43. The summed E-state index contributed by atoms with van der Waals surface area (Å²) < 4.78 is 5.10. The molecule has 3 atom stereocenters. The molecule has 100 valence electrons. The number of amides is 1. The van der Waals surface area contributed by atoms with Crippen LogP contribution in [0, 0.1) is 0 Å². The minimum Gasteiger partial charge on any atom is -0.385 e. The number of carbonyl (C=O) groups excluding carboxylic acids is 1. The van der Waals surface area contributed by atoms with Gasteiger partial charge in [0.05, 0.1) is 12.2 Å². The first-order valence-electron chi connectivity index (χ1n) is 6.72. The third kappa shape index (κ3) is 3.42. The molecule has 0 bridgehead atoms. The Morgan fingerprint density at radius 1 is 1.47 bits per heavy atom. The molecule has 0 spiro atoms. The molecule has 0 aromatic carbocycles. The number of rotatable bonds is 7. The van der Waals surface area contributed by atoms with Crippen molar-refractivity contribution in [3.8, 4) is 0 Å². The zero-order valence-electron chi connectivity index (χ0n) is 11.5. The molecule has 1 heterocycles. The molecule has 1 amide bonds. The fraction of sp³-hybridized carbons (Fsp3) is 0.923. The van der Waals surface area contributed by atoms with E-state index < -0.39 is 0 Å². The van der Waals surface area contributed by atoms with Crippen molar-refractivity contribution in [1.29, 1.82) is 0 Å². The number of methoxy groups -OCH3 is 1. The smallest absolute Gasteiger partial charge is 0.241 e. The summed E-state index contributed by atoms with van der Waals surface area (Å²) in [7, 11) is 1.70. The number of nitrogens with zero attached hydrogens (tertiary/aromatic N) is 1. The standard InChI is InChI=1S/C13H26N2O2/c1-5-7-12-14-11(6-2)13(16)15(12)10(3)8-9-17-4/h10-12,14H,5-9H2,1-4H3. The van der Waals surface area contributed by atoms with Crippen LogP contribution in [0.5, 0.6) is 0 Å². The highest BCUT2D eigenvalue weighted by Crippen LogP contribution is 2.21. The van der Waals surface area contributed by atoms with Crippen LogP contribution in [-0.4, -0.2) is 42.8 Å². The van der Waals surface area contributed by atoms with E-state index in [9.17, 15) is 4.79 Å². The first-order chi connectivity index (χ1) is 8.15. The van der Waals surface area contributed by atoms with E-state index in [4.69, 9.17) is 4.74 Å². The zero-order chi connectivity index (χ0) is 12.8. The quantitative estimate of drug-likeness (QED) is 0.739. The molecule has 1 fully saturated rings. The molecular formula is C13H26N2O2. The van der Waals surface area contributed by atoms with Gasteiger partial charge < -0.3 is 9.64 Å². The van der Waals surface area contributed by atoms with Gasteiger partial charge in [0.2, 0.25) is 5.91 Å². The normalized spacial score (nSPS) is 26.6. The number of nitrogens with one attached hydrogen (secondary N) is 1. The summed E-state index contributed by atoms with van der Waals surface area (Å²) in [4.78, 5) is 14.3. The Morgan fingerprint density at radius 3 is 2.71 bits per heavy atom. The summed E-state index contributed by atoms with van der Waals surface area (Å²) in [5.74, 6) is 0.259. The van der Waals surface area contributed by atoms with Crippen LogP contribution >= 0.6 is 0 Å². The molecule has 0 aliphatic carbocycles. The van der Waals surface area contributed by atoms with E-state index in [1.807, 2.05) is 4.90 Å². The fourth-order valence-corrected chi connectivity index (χ4v) is 2.46. The SMILES string of the molecule is CCCC1NC(CC)C(=O)N1C(C)CCOC. The zero-order valence-corrected chi connectivity index (χ0v) is 11.5. The highest BCUT2D eigenvalue weighted by atomic mass is 16.5. The summed E-state index contributed by atoms with van der Waals surface area (Å²) in [6.45, 7) is 7.03. The van der Waals surface area contributed by atoms with Crippen molar-refractivity contribution in [2.75, 3.05) is 13.7 Å². The van der Waals surface area contributed by atoms with Crippen LogP contribution in [0.2, 0.25) is 0 Å². The first-order valence-corrected chi connectivity index (χ1v) is 6.72. The van der Waals surface area contributed by atoms with E-state index in [1.165, 1.54) is 0 Å². The van der Waals surface area contributed by atoms with Crippen molar-refractivity contribution in [2.45, 2.75) is 64.7 Å². The molecule has 3 unspecified atom stereocenters. The molecule has 1 saturated heterocycles. The van der Waals surface area contributed by atoms with E-state index in [0.29, 0.717) is 6.61 Å². The molecule has 0 aromatic rings. The van der Waals surface area contributed by atoms with E-state index in [-0.39, 0.29) is 24.2 Å². The molecule has 4 heteroatoms. The van der Waals surface area contributed by atoms with Crippen molar-refractivity contribution >= 4 is 5.91 Å². The molecule has 0 saturated carbocycles. The number of hydrogen-bond acceptors (Lipinski definition) is 3. The highest BCUT2D eigenvalue weighted by molar-refractivity contribution is 5.84. The molecule has 0 radical (unpaired) electrons. The monoisotopic (exact) mass is 242 g/mol. The minimum absolute atomic E-state index is 0.0107. The predicted octanol–water partition coefficient (Wildman–Crippen LogP) is 1.75. The van der Waals surface area contributed by atoms with Gasteiger partial charge in [-0.2, -0.15) is 0 Å². The molecule has 17 heavy (non-hydrogen) atoms. The van der Waals surface area contributed by atoms with Gasteiger partial charge in [-0.25, -0.2) is 0 Å². The maximum atomic E-state index is 12.2. The van der Waals surface area contributed by atoms with Crippen LogP contribution in [0.25, 0.3) is 0 Å². The Bertz CT molecular complexity index is 246. The fourth-order valence-electron chi connectivity index (χ4n) is 2.46. The summed E-state index contributed by atoms with van der Waals surface area (Å²) in [5.41, 5.74) is 0. The highest BCUT2D eigenvalue weighted by Gasteiger charge is 2.39.